The third-order valence-electron chi connectivity index (χ3n) is 14.4. The Labute approximate surface area is 400 Å². The van der Waals surface area contributed by atoms with Crippen LogP contribution in [0.25, 0.3) is 122 Å². The SMILES string of the molecule is CC.CC1(C)c2ccccc2-c2cc3c4cc(-c5ccc6c(c5)c5ccccc5n6-c5ccccc5)ccc4n(-c4nc(-c5cccc6ccccc56)nc(-c5cccc6ccccc56)n4)c3cc21. The molecule has 328 valence electrons. The standard InChI is InChI=1S/C62H41N5.C2H6/c1-62(2)53-28-12-10-24-45(53)49-36-52-51-35-41(40-30-32-56-50(34-40)46-25-11-13-29-55(46)66(56)42-20-4-3-5-21-42)31-33-57(51)67(58(52)37-54(49)62)61-64-59(47-26-14-18-38-16-6-8-22-43(38)47)63-60(65-61)48-27-15-19-39-17-7-9-23-44(39)48;1-2/h3-37H,1-2H3;1-2H3. The molecule has 3 heterocycles. The number of hydrogen-bond acceptors (Lipinski definition) is 3. The maximum atomic E-state index is 5.48. The predicted molar refractivity (Wildman–Crippen MR) is 289 cm³/mol. The van der Waals surface area contributed by atoms with Crippen molar-refractivity contribution in [3.8, 4) is 56.7 Å². The minimum absolute atomic E-state index is 0.206. The highest BCUT2D eigenvalue weighted by atomic mass is 15.2. The molecule has 0 aliphatic heterocycles. The molecule has 0 spiro atoms. The Kier molecular flexibility index (Phi) is 9.25. The van der Waals surface area contributed by atoms with Gasteiger partial charge in [-0.1, -0.05) is 185 Å². The molecule has 0 unspecified atom stereocenters. The lowest BCUT2D eigenvalue weighted by atomic mass is 9.82. The molecule has 0 saturated carbocycles. The molecule has 5 nitrogen and oxygen atoms in total. The van der Waals surface area contributed by atoms with Crippen molar-refractivity contribution in [2.24, 2.45) is 0 Å². The number of benzene rings is 10. The summed E-state index contributed by atoms with van der Waals surface area (Å²) in [6.07, 6.45) is 0. The molecule has 10 aromatic carbocycles. The van der Waals surface area contributed by atoms with Gasteiger partial charge in [-0.2, -0.15) is 9.97 Å². The second kappa shape index (κ2) is 15.7. The zero-order valence-corrected chi connectivity index (χ0v) is 38.9. The van der Waals surface area contributed by atoms with Gasteiger partial charge in [0.1, 0.15) is 0 Å². The van der Waals surface area contributed by atoms with Crippen molar-refractivity contribution in [2.45, 2.75) is 33.1 Å². The van der Waals surface area contributed by atoms with Crippen molar-refractivity contribution in [2.75, 3.05) is 0 Å². The number of hydrogen-bond donors (Lipinski definition) is 0. The molecule has 1 aliphatic rings. The highest BCUT2D eigenvalue weighted by Gasteiger charge is 2.36. The van der Waals surface area contributed by atoms with E-state index < -0.39 is 0 Å². The van der Waals surface area contributed by atoms with E-state index in [1.165, 1.54) is 44.1 Å². The molecule has 13 aromatic rings. The molecule has 0 atom stereocenters. The average Bonchev–Trinajstić information content (AvgIpc) is 4.00. The van der Waals surface area contributed by atoms with Gasteiger partial charge in [-0.15, -0.1) is 0 Å². The van der Waals surface area contributed by atoms with E-state index in [2.05, 4.69) is 235 Å². The fourth-order valence-electron chi connectivity index (χ4n) is 11.2. The lowest BCUT2D eigenvalue weighted by Gasteiger charge is -2.21. The van der Waals surface area contributed by atoms with E-state index in [0.717, 1.165) is 71.3 Å². The molecular weight excluding hydrogens is 839 g/mol. The smallest absolute Gasteiger partial charge is 0.238 e. The van der Waals surface area contributed by atoms with Gasteiger partial charge < -0.3 is 4.57 Å². The lowest BCUT2D eigenvalue weighted by molar-refractivity contribution is 0.661. The first-order valence-electron chi connectivity index (χ1n) is 24.0. The van der Waals surface area contributed by atoms with E-state index in [9.17, 15) is 0 Å². The van der Waals surface area contributed by atoms with Gasteiger partial charge in [-0.3, -0.25) is 4.57 Å². The van der Waals surface area contributed by atoms with E-state index in [0.29, 0.717) is 17.6 Å². The van der Waals surface area contributed by atoms with Gasteiger partial charge in [-0.25, -0.2) is 4.98 Å². The monoisotopic (exact) mass is 885 g/mol. The molecule has 69 heavy (non-hydrogen) atoms. The topological polar surface area (TPSA) is 48.5 Å². The minimum Gasteiger partial charge on any atom is -0.309 e. The highest BCUT2D eigenvalue weighted by molar-refractivity contribution is 6.14. The summed E-state index contributed by atoms with van der Waals surface area (Å²) in [6, 6.07) is 76.7. The van der Waals surface area contributed by atoms with Crippen molar-refractivity contribution in [1.29, 1.82) is 0 Å². The van der Waals surface area contributed by atoms with E-state index in [4.69, 9.17) is 15.0 Å². The third kappa shape index (κ3) is 6.20. The van der Waals surface area contributed by atoms with E-state index in [1.54, 1.807) is 0 Å². The Morgan fingerprint density at radius 1 is 0.333 bits per heavy atom. The summed E-state index contributed by atoms with van der Waals surface area (Å²) in [6.45, 7) is 8.69. The molecule has 0 saturated heterocycles. The van der Waals surface area contributed by atoms with Crippen molar-refractivity contribution >= 4 is 65.2 Å². The second-order valence-electron chi connectivity index (χ2n) is 18.4. The maximum absolute atomic E-state index is 5.48. The van der Waals surface area contributed by atoms with Gasteiger partial charge in [0, 0.05) is 43.8 Å². The molecule has 0 N–H and O–H groups in total. The van der Waals surface area contributed by atoms with Crippen LogP contribution in [0.2, 0.25) is 0 Å². The molecule has 14 rings (SSSR count). The van der Waals surface area contributed by atoms with Gasteiger partial charge in [0.05, 0.1) is 22.1 Å². The van der Waals surface area contributed by atoms with Crippen LogP contribution >= 0.6 is 0 Å². The van der Waals surface area contributed by atoms with Crippen LogP contribution in [0, 0.1) is 0 Å². The Balaban J connectivity index is 0.00000232. The molecule has 3 aromatic heterocycles. The van der Waals surface area contributed by atoms with E-state index >= 15 is 0 Å². The Morgan fingerprint density at radius 3 is 1.49 bits per heavy atom. The van der Waals surface area contributed by atoms with Crippen molar-refractivity contribution in [3.63, 3.8) is 0 Å². The Hall–Kier alpha value is -8.67. The van der Waals surface area contributed by atoms with Crippen LogP contribution in [-0.4, -0.2) is 24.1 Å². The fourth-order valence-corrected chi connectivity index (χ4v) is 11.2. The summed E-state index contributed by atoms with van der Waals surface area (Å²) in [5.74, 6) is 1.85. The van der Waals surface area contributed by atoms with Gasteiger partial charge in [0.15, 0.2) is 11.6 Å². The molecule has 0 fully saturated rings. The van der Waals surface area contributed by atoms with Gasteiger partial charge in [-0.05, 0) is 110 Å². The number of aromatic nitrogens is 5. The Morgan fingerprint density at radius 2 is 0.826 bits per heavy atom. The molecule has 0 radical (unpaired) electrons. The van der Waals surface area contributed by atoms with Crippen LogP contribution in [-0.2, 0) is 5.41 Å². The number of para-hydroxylation sites is 2. The normalized spacial score (nSPS) is 12.8. The maximum Gasteiger partial charge on any atom is 0.238 e. The van der Waals surface area contributed by atoms with Crippen LogP contribution < -0.4 is 0 Å². The predicted octanol–water partition coefficient (Wildman–Crippen LogP) is 16.7. The summed E-state index contributed by atoms with van der Waals surface area (Å²) in [7, 11) is 0. The van der Waals surface area contributed by atoms with Crippen LogP contribution in [0.1, 0.15) is 38.8 Å². The van der Waals surface area contributed by atoms with Crippen LogP contribution in [0.15, 0.2) is 212 Å². The first kappa shape index (κ1) is 40.6. The van der Waals surface area contributed by atoms with E-state index in [-0.39, 0.29) is 5.41 Å². The summed E-state index contributed by atoms with van der Waals surface area (Å²) < 4.78 is 4.66. The lowest BCUT2D eigenvalue weighted by Crippen LogP contribution is -2.15. The van der Waals surface area contributed by atoms with Crippen molar-refractivity contribution < 1.29 is 0 Å². The molecular formula is C64H47N5. The molecule has 0 bridgehead atoms. The molecule has 0 amide bonds. The number of fused-ring (bicyclic) bond motifs is 11. The highest BCUT2D eigenvalue weighted by Crippen LogP contribution is 2.51. The van der Waals surface area contributed by atoms with E-state index in [1.807, 2.05) is 13.8 Å². The largest absolute Gasteiger partial charge is 0.309 e. The number of rotatable bonds is 5. The summed E-state index contributed by atoms with van der Waals surface area (Å²) >= 11 is 0. The quantitative estimate of drug-likeness (QED) is 0.173. The Bertz CT molecular complexity index is 4080. The fraction of sp³-hybridized carbons (Fsp3) is 0.0781. The zero-order valence-electron chi connectivity index (χ0n) is 38.9. The zero-order chi connectivity index (χ0) is 46.4. The van der Waals surface area contributed by atoms with Gasteiger partial charge in [0.2, 0.25) is 5.95 Å². The van der Waals surface area contributed by atoms with Gasteiger partial charge in [0.25, 0.3) is 0 Å². The summed E-state index contributed by atoms with van der Waals surface area (Å²) in [5.41, 5.74) is 14.9. The van der Waals surface area contributed by atoms with Crippen LogP contribution in [0.4, 0.5) is 0 Å². The van der Waals surface area contributed by atoms with Crippen molar-refractivity contribution in [1.82, 2.24) is 24.1 Å². The van der Waals surface area contributed by atoms with Gasteiger partial charge >= 0.3 is 0 Å². The number of nitrogens with zero attached hydrogens (tertiary/aromatic N) is 5. The minimum atomic E-state index is -0.206. The van der Waals surface area contributed by atoms with Crippen molar-refractivity contribution in [3.05, 3.63) is 223 Å². The average molecular weight is 886 g/mol. The summed E-state index contributed by atoms with van der Waals surface area (Å²) in [4.78, 5) is 16.3. The third-order valence-corrected chi connectivity index (χ3v) is 14.4. The summed E-state index contributed by atoms with van der Waals surface area (Å²) in [5, 5.41) is 9.22. The molecule has 1 aliphatic carbocycles. The van der Waals surface area contributed by atoms with Crippen LogP contribution in [0.3, 0.4) is 0 Å². The molecule has 5 heteroatoms. The second-order valence-corrected chi connectivity index (χ2v) is 18.4. The van der Waals surface area contributed by atoms with Crippen LogP contribution in [0.5, 0.6) is 0 Å². The first-order valence-corrected chi connectivity index (χ1v) is 24.0. The first-order chi connectivity index (χ1) is 34.0.